The van der Waals surface area contributed by atoms with Crippen molar-refractivity contribution in [1.82, 2.24) is 10.2 Å². The monoisotopic (exact) mass is 440 g/mol. The first-order valence-corrected chi connectivity index (χ1v) is 10.3. The van der Waals surface area contributed by atoms with Crippen molar-refractivity contribution in [3.05, 3.63) is 47.5 Å². The zero-order valence-electron chi connectivity index (χ0n) is 18.7. The zero-order chi connectivity index (χ0) is 23.1. The number of aliphatic imine (C=N–C) groups is 1. The summed E-state index contributed by atoms with van der Waals surface area (Å²) in [7, 11) is 6.34. The second-order valence-corrected chi connectivity index (χ2v) is 7.05. The van der Waals surface area contributed by atoms with Gasteiger partial charge in [0.2, 0.25) is 5.75 Å². The highest BCUT2D eigenvalue weighted by Gasteiger charge is 2.34. The maximum Gasteiger partial charge on any atom is 0.261 e. The number of guanidine groups is 1. The SMILES string of the molecule is CN=C(NCCCCN1C(=O)c2ccccc2C1=O)Nc1cc(OC)c(OC)c(OC)c1. The van der Waals surface area contributed by atoms with E-state index in [0.29, 0.717) is 53.8 Å². The summed E-state index contributed by atoms with van der Waals surface area (Å²) in [5.41, 5.74) is 1.68. The first-order chi connectivity index (χ1) is 15.5. The second-order valence-electron chi connectivity index (χ2n) is 7.05. The number of rotatable bonds is 9. The van der Waals surface area contributed by atoms with E-state index in [1.54, 1.807) is 64.8 Å². The van der Waals surface area contributed by atoms with E-state index in [-0.39, 0.29) is 11.8 Å². The molecule has 1 heterocycles. The average molecular weight is 441 g/mol. The lowest BCUT2D eigenvalue weighted by Crippen LogP contribution is -2.33. The predicted octanol–water partition coefficient (Wildman–Crippen LogP) is 2.78. The molecule has 0 aliphatic carbocycles. The number of ether oxygens (including phenoxy) is 3. The molecule has 0 unspecified atom stereocenters. The molecule has 9 nitrogen and oxygen atoms in total. The third-order valence-electron chi connectivity index (χ3n) is 5.13. The summed E-state index contributed by atoms with van der Waals surface area (Å²) < 4.78 is 16.1. The number of nitrogens with zero attached hydrogens (tertiary/aromatic N) is 2. The number of unbranched alkanes of at least 4 members (excludes halogenated alkanes) is 1. The molecule has 0 radical (unpaired) electrons. The molecule has 2 aromatic carbocycles. The van der Waals surface area contributed by atoms with Crippen LogP contribution in [0.2, 0.25) is 0 Å². The molecule has 170 valence electrons. The van der Waals surface area contributed by atoms with Gasteiger partial charge in [-0.25, -0.2) is 0 Å². The molecule has 1 aliphatic rings. The Morgan fingerprint density at radius 3 is 2.03 bits per heavy atom. The highest BCUT2D eigenvalue weighted by atomic mass is 16.5. The van der Waals surface area contributed by atoms with Crippen LogP contribution in [-0.2, 0) is 0 Å². The molecule has 2 amide bonds. The molecule has 0 bridgehead atoms. The summed E-state index contributed by atoms with van der Waals surface area (Å²) in [4.78, 5) is 30.4. The predicted molar refractivity (Wildman–Crippen MR) is 122 cm³/mol. The van der Waals surface area contributed by atoms with E-state index in [4.69, 9.17) is 14.2 Å². The molecule has 0 spiro atoms. The van der Waals surface area contributed by atoms with Crippen LogP contribution in [0.4, 0.5) is 5.69 Å². The minimum absolute atomic E-state index is 0.224. The van der Waals surface area contributed by atoms with Gasteiger partial charge in [-0.2, -0.15) is 0 Å². The molecule has 9 heteroatoms. The minimum Gasteiger partial charge on any atom is -0.493 e. The van der Waals surface area contributed by atoms with Crippen molar-refractivity contribution in [3.8, 4) is 17.2 Å². The number of hydrogen-bond acceptors (Lipinski definition) is 6. The van der Waals surface area contributed by atoms with Crippen LogP contribution in [0.25, 0.3) is 0 Å². The van der Waals surface area contributed by atoms with E-state index in [1.165, 1.54) is 4.90 Å². The number of benzene rings is 2. The standard InChI is InChI=1S/C23H28N4O5/c1-24-23(26-15-13-18(30-2)20(32-4)19(14-15)31-3)25-11-7-8-12-27-21(28)16-9-5-6-10-17(16)22(27)29/h5-6,9-10,13-14H,7-8,11-12H2,1-4H3,(H2,24,25,26). The van der Waals surface area contributed by atoms with Crippen LogP contribution < -0.4 is 24.8 Å². The van der Waals surface area contributed by atoms with Gasteiger partial charge < -0.3 is 24.8 Å². The molecule has 1 aliphatic heterocycles. The Kier molecular flexibility index (Phi) is 7.54. The summed E-state index contributed by atoms with van der Waals surface area (Å²) in [5, 5.41) is 6.42. The highest BCUT2D eigenvalue weighted by Crippen LogP contribution is 2.39. The normalized spacial score (nSPS) is 13.1. The molecule has 0 atom stereocenters. The maximum atomic E-state index is 12.4. The Balaban J connectivity index is 1.50. The van der Waals surface area contributed by atoms with Gasteiger partial charge in [-0.3, -0.25) is 19.5 Å². The Hall–Kier alpha value is -3.75. The number of hydrogen-bond donors (Lipinski definition) is 2. The van der Waals surface area contributed by atoms with E-state index in [1.807, 2.05) is 0 Å². The van der Waals surface area contributed by atoms with Gasteiger partial charge in [-0.1, -0.05) is 12.1 Å². The van der Waals surface area contributed by atoms with E-state index < -0.39 is 0 Å². The van der Waals surface area contributed by atoms with Crippen molar-refractivity contribution in [2.24, 2.45) is 4.99 Å². The van der Waals surface area contributed by atoms with Gasteiger partial charge in [-0.15, -0.1) is 0 Å². The van der Waals surface area contributed by atoms with Crippen LogP contribution in [0, 0.1) is 0 Å². The number of carbonyl (C=O) groups is 2. The molecule has 3 rings (SSSR count). The van der Waals surface area contributed by atoms with Crippen LogP contribution in [0.15, 0.2) is 41.4 Å². The molecule has 0 saturated carbocycles. The van der Waals surface area contributed by atoms with Crippen LogP contribution in [0.1, 0.15) is 33.6 Å². The zero-order valence-corrected chi connectivity index (χ0v) is 18.7. The van der Waals surface area contributed by atoms with Crippen molar-refractivity contribution in [3.63, 3.8) is 0 Å². The van der Waals surface area contributed by atoms with Gasteiger partial charge in [0.15, 0.2) is 17.5 Å². The van der Waals surface area contributed by atoms with Crippen LogP contribution in [0.5, 0.6) is 17.2 Å². The number of anilines is 1. The van der Waals surface area contributed by atoms with Crippen molar-refractivity contribution in [2.45, 2.75) is 12.8 Å². The summed E-state index contributed by atoms with van der Waals surface area (Å²) >= 11 is 0. The van der Waals surface area contributed by atoms with E-state index >= 15 is 0 Å². The fourth-order valence-corrected chi connectivity index (χ4v) is 3.51. The highest BCUT2D eigenvalue weighted by molar-refractivity contribution is 6.21. The fraction of sp³-hybridized carbons (Fsp3) is 0.348. The quantitative estimate of drug-likeness (QED) is 0.268. The number of imide groups is 1. The van der Waals surface area contributed by atoms with Gasteiger partial charge in [0, 0.05) is 38.0 Å². The molecule has 0 aromatic heterocycles. The molecule has 0 fully saturated rings. The number of fused-ring (bicyclic) bond motifs is 1. The number of amides is 2. The lowest BCUT2D eigenvalue weighted by atomic mass is 10.1. The Bertz CT molecular complexity index is 961. The summed E-state index contributed by atoms with van der Waals surface area (Å²) in [6.45, 7) is 1.00. The van der Waals surface area contributed by atoms with Crippen molar-refractivity contribution < 1.29 is 23.8 Å². The Labute approximate surface area is 187 Å². The van der Waals surface area contributed by atoms with Crippen molar-refractivity contribution in [2.75, 3.05) is 46.8 Å². The molecular weight excluding hydrogens is 412 g/mol. The Morgan fingerprint density at radius 2 is 1.53 bits per heavy atom. The van der Waals surface area contributed by atoms with Crippen molar-refractivity contribution in [1.29, 1.82) is 0 Å². The molecule has 2 N–H and O–H groups in total. The minimum atomic E-state index is -0.224. The molecule has 32 heavy (non-hydrogen) atoms. The number of nitrogens with one attached hydrogen (secondary N) is 2. The van der Waals surface area contributed by atoms with Gasteiger partial charge >= 0.3 is 0 Å². The van der Waals surface area contributed by atoms with Gasteiger partial charge in [-0.05, 0) is 25.0 Å². The number of methoxy groups -OCH3 is 3. The first-order valence-electron chi connectivity index (χ1n) is 10.3. The van der Waals surface area contributed by atoms with E-state index in [2.05, 4.69) is 15.6 Å². The van der Waals surface area contributed by atoms with Gasteiger partial charge in [0.25, 0.3) is 11.8 Å². The third kappa shape index (κ3) is 4.77. The van der Waals surface area contributed by atoms with Gasteiger partial charge in [0.1, 0.15) is 0 Å². The lowest BCUT2D eigenvalue weighted by Gasteiger charge is -2.17. The lowest BCUT2D eigenvalue weighted by molar-refractivity contribution is 0.0652. The van der Waals surface area contributed by atoms with E-state index in [0.717, 1.165) is 12.1 Å². The Morgan fingerprint density at radius 1 is 0.938 bits per heavy atom. The summed E-state index contributed by atoms with van der Waals surface area (Å²) in [6, 6.07) is 10.5. The smallest absolute Gasteiger partial charge is 0.261 e. The van der Waals surface area contributed by atoms with Crippen molar-refractivity contribution >= 4 is 23.5 Å². The van der Waals surface area contributed by atoms with E-state index in [9.17, 15) is 9.59 Å². The first kappa shape index (κ1) is 22.9. The number of carbonyl (C=O) groups excluding carboxylic acids is 2. The molecule has 2 aromatic rings. The maximum absolute atomic E-state index is 12.4. The summed E-state index contributed by atoms with van der Waals surface area (Å²) in [6.07, 6.45) is 1.43. The van der Waals surface area contributed by atoms with Gasteiger partial charge in [0.05, 0.1) is 32.5 Å². The molecule has 0 saturated heterocycles. The second kappa shape index (κ2) is 10.5. The third-order valence-corrected chi connectivity index (χ3v) is 5.13. The van der Waals surface area contributed by atoms with Crippen LogP contribution in [0.3, 0.4) is 0 Å². The van der Waals surface area contributed by atoms with Crippen LogP contribution in [-0.4, -0.2) is 64.1 Å². The average Bonchev–Trinajstić information content (AvgIpc) is 3.07. The largest absolute Gasteiger partial charge is 0.493 e. The fourth-order valence-electron chi connectivity index (χ4n) is 3.51. The molecular formula is C23H28N4O5. The summed E-state index contributed by atoms with van der Waals surface area (Å²) in [5.74, 6) is 1.70. The van der Waals surface area contributed by atoms with Crippen LogP contribution >= 0.6 is 0 Å². The topological polar surface area (TPSA) is 101 Å².